The highest BCUT2D eigenvalue weighted by Crippen LogP contribution is 2.43. The van der Waals surface area contributed by atoms with Crippen LogP contribution in [0.1, 0.15) is 44.1 Å². The molecule has 0 amide bonds. The summed E-state index contributed by atoms with van der Waals surface area (Å²) in [7, 11) is 0. The molecule has 2 N–H and O–H groups in total. The van der Waals surface area contributed by atoms with Gasteiger partial charge in [-0.05, 0) is 24.3 Å². The lowest BCUT2D eigenvalue weighted by atomic mass is 9.71. The van der Waals surface area contributed by atoms with Gasteiger partial charge in [0.2, 0.25) is 5.92 Å². The van der Waals surface area contributed by atoms with E-state index in [2.05, 4.69) is 0 Å². The number of halogens is 2. The van der Waals surface area contributed by atoms with Gasteiger partial charge in [0.1, 0.15) is 0 Å². The lowest BCUT2D eigenvalue weighted by Gasteiger charge is -2.41. The third kappa shape index (κ3) is 2.65. The van der Waals surface area contributed by atoms with Crippen LogP contribution in [-0.4, -0.2) is 11.5 Å². The molecule has 1 unspecified atom stereocenters. The van der Waals surface area contributed by atoms with E-state index in [4.69, 9.17) is 5.73 Å². The van der Waals surface area contributed by atoms with Crippen LogP contribution in [0.25, 0.3) is 0 Å². The molecule has 1 aromatic carbocycles. The first-order valence-corrected chi connectivity index (χ1v) is 6.15. The topological polar surface area (TPSA) is 26.0 Å². The molecule has 0 aromatic heterocycles. The first-order chi connectivity index (χ1) is 7.93. The Morgan fingerprint density at radius 1 is 1.06 bits per heavy atom. The van der Waals surface area contributed by atoms with Gasteiger partial charge in [-0.3, -0.25) is 0 Å². The van der Waals surface area contributed by atoms with Crippen molar-refractivity contribution in [2.24, 2.45) is 5.73 Å². The maximum atomic E-state index is 13.2. The summed E-state index contributed by atoms with van der Waals surface area (Å²) in [5.41, 5.74) is 6.98. The SMILES string of the molecule is CC(c1ccccc1)C1(N)CCC(F)(F)CC1. The summed E-state index contributed by atoms with van der Waals surface area (Å²) >= 11 is 0. The second-order valence-electron chi connectivity index (χ2n) is 5.22. The number of nitrogens with two attached hydrogens (primary N) is 1. The molecule has 17 heavy (non-hydrogen) atoms. The summed E-state index contributed by atoms with van der Waals surface area (Å²) in [6.45, 7) is 2.04. The van der Waals surface area contributed by atoms with Gasteiger partial charge >= 0.3 is 0 Å². The average Bonchev–Trinajstić information content (AvgIpc) is 2.34. The van der Waals surface area contributed by atoms with E-state index in [9.17, 15) is 8.78 Å². The van der Waals surface area contributed by atoms with Gasteiger partial charge in [-0.15, -0.1) is 0 Å². The van der Waals surface area contributed by atoms with Crippen molar-refractivity contribution in [3.8, 4) is 0 Å². The van der Waals surface area contributed by atoms with Gasteiger partial charge in [0.25, 0.3) is 0 Å². The number of alkyl halides is 2. The zero-order chi connectivity index (χ0) is 12.5. The fraction of sp³-hybridized carbons (Fsp3) is 0.571. The highest BCUT2D eigenvalue weighted by molar-refractivity contribution is 5.23. The summed E-state index contributed by atoms with van der Waals surface area (Å²) < 4.78 is 26.3. The van der Waals surface area contributed by atoms with Gasteiger partial charge < -0.3 is 5.73 Å². The number of rotatable bonds is 2. The lowest BCUT2D eigenvalue weighted by Crippen LogP contribution is -2.49. The van der Waals surface area contributed by atoms with E-state index in [0.29, 0.717) is 12.8 Å². The normalized spacial score (nSPS) is 24.2. The molecule has 1 aliphatic rings. The van der Waals surface area contributed by atoms with Crippen LogP contribution in [0.2, 0.25) is 0 Å². The van der Waals surface area contributed by atoms with Gasteiger partial charge in [0.15, 0.2) is 0 Å². The zero-order valence-electron chi connectivity index (χ0n) is 10.1. The molecule has 1 aromatic rings. The molecule has 0 heterocycles. The molecule has 1 saturated carbocycles. The second-order valence-corrected chi connectivity index (χ2v) is 5.22. The van der Waals surface area contributed by atoms with Crippen LogP contribution in [-0.2, 0) is 0 Å². The van der Waals surface area contributed by atoms with Crippen LogP contribution in [0.4, 0.5) is 8.78 Å². The highest BCUT2D eigenvalue weighted by atomic mass is 19.3. The van der Waals surface area contributed by atoms with E-state index in [1.807, 2.05) is 37.3 Å². The van der Waals surface area contributed by atoms with Crippen LogP contribution in [0.5, 0.6) is 0 Å². The number of hydrogen-bond acceptors (Lipinski definition) is 1. The van der Waals surface area contributed by atoms with Crippen molar-refractivity contribution in [3.63, 3.8) is 0 Å². The Labute approximate surface area is 101 Å². The van der Waals surface area contributed by atoms with E-state index in [1.54, 1.807) is 0 Å². The van der Waals surface area contributed by atoms with Gasteiger partial charge in [0, 0.05) is 18.4 Å². The summed E-state index contributed by atoms with van der Waals surface area (Å²) in [4.78, 5) is 0. The van der Waals surface area contributed by atoms with E-state index < -0.39 is 11.5 Å². The molecular formula is C14H19F2N. The minimum absolute atomic E-state index is 0.0827. The quantitative estimate of drug-likeness (QED) is 0.836. The van der Waals surface area contributed by atoms with E-state index in [-0.39, 0.29) is 18.8 Å². The van der Waals surface area contributed by atoms with Gasteiger partial charge in [-0.1, -0.05) is 37.3 Å². The van der Waals surface area contributed by atoms with Crippen molar-refractivity contribution in [1.82, 2.24) is 0 Å². The number of benzene rings is 1. The predicted molar refractivity (Wildman–Crippen MR) is 65.2 cm³/mol. The molecule has 3 heteroatoms. The summed E-state index contributed by atoms with van der Waals surface area (Å²) in [6.07, 6.45) is 0.632. The predicted octanol–water partition coefficient (Wildman–Crippen LogP) is 3.70. The first-order valence-electron chi connectivity index (χ1n) is 6.15. The molecule has 1 fully saturated rings. The minimum atomic E-state index is -2.51. The summed E-state index contributed by atoms with van der Waals surface area (Å²) in [6, 6.07) is 9.92. The molecule has 2 rings (SSSR count). The summed E-state index contributed by atoms with van der Waals surface area (Å²) in [5, 5.41) is 0. The van der Waals surface area contributed by atoms with E-state index in [0.717, 1.165) is 5.56 Å². The number of hydrogen-bond donors (Lipinski definition) is 1. The first kappa shape index (κ1) is 12.5. The molecule has 0 spiro atoms. The second kappa shape index (κ2) is 4.37. The minimum Gasteiger partial charge on any atom is -0.325 e. The summed E-state index contributed by atoms with van der Waals surface area (Å²) in [5.74, 6) is -2.39. The smallest absolute Gasteiger partial charge is 0.248 e. The lowest BCUT2D eigenvalue weighted by molar-refractivity contribution is -0.0533. The molecule has 0 saturated heterocycles. The Hall–Kier alpha value is -0.960. The van der Waals surface area contributed by atoms with Crippen LogP contribution in [0, 0.1) is 0 Å². The van der Waals surface area contributed by atoms with Crippen LogP contribution in [0.3, 0.4) is 0 Å². The fourth-order valence-electron chi connectivity index (χ4n) is 2.59. The zero-order valence-corrected chi connectivity index (χ0v) is 10.1. The maximum absolute atomic E-state index is 13.2. The Morgan fingerprint density at radius 3 is 2.12 bits per heavy atom. The molecule has 0 bridgehead atoms. The van der Waals surface area contributed by atoms with Crippen molar-refractivity contribution in [1.29, 1.82) is 0 Å². The molecule has 1 aliphatic carbocycles. The van der Waals surface area contributed by atoms with Crippen molar-refractivity contribution in [3.05, 3.63) is 35.9 Å². The third-order valence-electron chi connectivity index (χ3n) is 4.07. The van der Waals surface area contributed by atoms with Crippen LogP contribution in [0.15, 0.2) is 30.3 Å². The fourth-order valence-corrected chi connectivity index (χ4v) is 2.59. The van der Waals surface area contributed by atoms with Gasteiger partial charge in [-0.2, -0.15) is 0 Å². The van der Waals surface area contributed by atoms with Crippen molar-refractivity contribution < 1.29 is 8.78 Å². The van der Waals surface area contributed by atoms with Crippen molar-refractivity contribution in [2.75, 3.05) is 0 Å². The maximum Gasteiger partial charge on any atom is 0.248 e. The molecule has 0 aliphatic heterocycles. The monoisotopic (exact) mass is 239 g/mol. The largest absolute Gasteiger partial charge is 0.325 e. The molecule has 1 atom stereocenters. The standard InChI is InChI=1S/C14H19F2N/c1-11(12-5-3-2-4-6-12)13(17)7-9-14(15,16)10-8-13/h2-6,11H,7-10,17H2,1H3. The highest BCUT2D eigenvalue weighted by Gasteiger charge is 2.44. The van der Waals surface area contributed by atoms with Crippen molar-refractivity contribution in [2.45, 2.75) is 50.0 Å². The molecule has 0 radical (unpaired) electrons. The Kier molecular flexibility index (Phi) is 3.21. The van der Waals surface area contributed by atoms with Crippen LogP contribution < -0.4 is 5.73 Å². The Balaban J connectivity index is 2.12. The van der Waals surface area contributed by atoms with Crippen molar-refractivity contribution >= 4 is 0 Å². The van der Waals surface area contributed by atoms with Gasteiger partial charge in [-0.25, -0.2) is 8.78 Å². The molecule has 94 valence electrons. The van der Waals surface area contributed by atoms with Crippen LogP contribution >= 0.6 is 0 Å². The Morgan fingerprint density at radius 2 is 1.59 bits per heavy atom. The van der Waals surface area contributed by atoms with E-state index >= 15 is 0 Å². The third-order valence-corrected chi connectivity index (χ3v) is 4.07. The Bertz CT molecular complexity index is 365. The average molecular weight is 239 g/mol. The van der Waals surface area contributed by atoms with E-state index in [1.165, 1.54) is 0 Å². The molecule has 1 nitrogen and oxygen atoms in total. The molecular weight excluding hydrogens is 220 g/mol. The van der Waals surface area contributed by atoms with Gasteiger partial charge in [0.05, 0.1) is 0 Å².